The quantitative estimate of drug-likeness (QED) is 0.484. The molecule has 4 nitrogen and oxygen atoms in total. The third-order valence-corrected chi connectivity index (χ3v) is 4.88. The molecule has 0 aliphatic carbocycles. The SMILES string of the molecule is CC.NC(=O)CC(c1cccnc1)c1cn(Cc2ccccc2)c2ccccc12.[HH]. The zero-order chi connectivity index (χ0) is 20.6. The molecule has 2 N–H and O–H groups in total. The minimum atomic E-state index is -0.316. The predicted octanol–water partition coefficient (Wildman–Crippen LogP) is 5.36. The summed E-state index contributed by atoms with van der Waals surface area (Å²) in [6, 6.07) is 22.6. The number of carbonyl (C=O) groups is 1. The van der Waals surface area contributed by atoms with Gasteiger partial charge in [0.05, 0.1) is 0 Å². The lowest BCUT2D eigenvalue weighted by atomic mass is 9.89. The van der Waals surface area contributed by atoms with Gasteiger partial charge in [-0.05, 0) is 28.8 Å². The summed E-state index contributed by atoms with van der Waals surface area (Å²) in [5.41, 5.74) is 10.1. The highest BCUT2D eigenvalue weighted by Gasteiger charge is 2.22. The molecule has 0 aliphatic heterocycles. The largest absolute Gasteiger partial charge is 0.370 e. The average molecular weight is 388 g/mol. The van der Waals surface area contributed by atoms with E-state index in [0.29, 0.717) is 0 Å². The Balaban J connectivity index is 0.00000104. The Hall–Kier alpha value is -3.40. The number of hydrogen-bond acceptors (Lipinski definition) is 2. The summed E-state index contributed by atoms with van der Waals surface area (Å²) in [4.78, 5) is 16.0. The van der Waals surface area contributed by atoms with E-state index in [2.05, 4.69) is 40.0 Å². The first kappa shape index (κ1) is 20.3. The van der Waals surface area contributed by atoms with Gasteiger partial charge in [0.1, 0.15) is 0 Å². The van der Waals surface area contributed by atoms with Crippen LogP contribution in [0.4, 0.5) is 0 Å². The minimum absolute atomic E-state index is 0. The summed E-state index contributed by atoms with van der Waals surface area (Å²) >= 11 is 0. The molecule has 29 heavy (non-hydrogen) atoms. The van der Waals surface area contributed by atoms with Crippen LogP contribution in [0.2, 0.25) is 0 Å². The van der Waals surface area contributed by atoms with E-state index in [9.17, 15) is 4.79 Å². The van der Waals surface area contributed by atoms with Crippen molar-refractivity contribution < 1.29 is 6.22 Å². The van der Waals surface area contributed by atoms with Gasteiger partial charge in [0.2, 0.25) is 5.91 Å². The van der Waals surface area contributed by atoms with Crippen molar-refractivity contribution in [2.24, 2.45) is 5.73 Å². The maximum absolute atomic E-state index is 11.8. The van der Waals surface area contributed by atoms with Crippen LogP contribution >= 0.6 is 0 Å². The summed E-state index contributed by atoms with van der Waals surface area (Å²) in [6.07, 6.45) is 5.96. The Morgan fingerprint density at radius 2 is 1.76 bits per heavy atom. The maximum Gasteiger partial charge on any atom is 0.218 e. The molecule has 2 aromatic carbocycles. The molecule has 1 amide bonds. The van der Waals surface area contributed by atoms with E-state index in [4.69, 9.17) is 5.73 Å². The van der Waals surface area contributed by atoms with Crippen molar-refractivity contribution in [1.82, 2.24) is 9.55 Å². The lowest BCUT2D eigenvalue weighted by Crippen LogP contribution is -2.16. The van der Waals surface area contributed by atoms with Crippen LogP contribution in [0.5, 0.6) is 0 Å². The number of carbonyl (C=O) groups excluding carboxylic acids is 1. The number of nitrogens with zero attached hydrogens (tertiary/aromatic N) is 2. The number of primary amides is 1. The van der Waals surface area contributed by atoms with Crippen molar-refractivity contribution in [3.63, 3.8) is 0 Å². The summed E-state index contributed by atoms with van der Waals surface area (Å²) < 4.78 is 2.24. The van der Waals surface area contributed by atoms with E-state index in [1.165, 1.54) is 5.56 Å². The fourth-order valence-corrected chi connectivity index (χ4v) is 3.65. The smallest absolute Gasteiger partial charge is 0.218 e. The number of rotatable bonds is 6. The molecule has 0 aliphatic rings. The van der Waals surface area contributed by atoms with Crippen LogP contribution in [0.1, 0.15) is 44.3 Å². The molecule has 4 aromatic rings. The highest BCUT2D eigenvalue weighted by molar-refractivity contribution is 5.86. The molecule has 0 saturated heterocycles. The van der Waals surface area contributed by atoms with Crippen LogP contribution in [0, 0.1) is 0 Å². The Kier molecular flexibility index (Phi) is 6.80. The lowest BCUT2D eigenvalue weighted by Gasteiger charge is -2.15. The number of aromatic nitrogens is 2. The van der Waals surface area contributed by atoms with Gasteiger partial charge < -0.3 is 10.3 Å². The molecule has 4 heteroatoms. The molecule has 0 fully saturated rings. The van der Waals surface area contributed by atoms with Crippen LogP contribution < -0.4 is 5.73 Å². The van der Waals surface area contributed by atoms with Gasteiger partial charge in [-0.25, -0.2) is 0 Å². The first-order chi connectivity index (χ1) is 14.2. The van der Waals surface area contributed by atoms with Gasteiger partial charge in [-0.2, -0.15) is 0 Å². The number of amides is 1. The Labute approximate surface area is 173 Å². The Morgan fingerprint density at radius 3 is 2.45 bits per heavy atom. The van der Waals surface area contributed by atoms with Crippen molar-refractivity contribution >= 4 is 16.8 Å². The Morgan fingerprint density at radius 1 is 1.03 bits per heavy atom. The number of para-hydroxylation sites is 1. The second kappa shape index (κ2) is 9.69. The molecule has 1 atom stereocenters. The van der Waals surface area contributed by atoms with Gasteiger partial charge in [-0.15, -0.1) is 0 Å². The molecular weight excluding hydrogens is 358 g/mol. The van der Waals surface area contributed by atoms with Crippen LogP contribution in [0.25, 0.3) is 10.9 Å². The number of fused-ring (bicyclic) bond motifs is 1. The third kappa shape index (κ3) is 4.72. The predicted molar refractivity (Wildman–Crippen MR) is 121 cm³/mol. The fourth-order valence-electron chi connectivity index (χ4n) is 3.65. The second-order valence-corrected chi connectivity index (χ2v) is 6.72. The van der Waals surface area contributed by atoms with Crippen LogP contribution in [-0.2, 0) is 11.3 Å². The summed E-state index contributed by atoms with van der Waals surface area (Å²) in [7, 11) is 0. The van der Waals surface area contributed by atoms with Crippen LogP contribution in [0.3, 0.4) is 0 Å². The molecule has 4 rings (SSSR count). The monoisotopic (exact) mass is 387 g/mol. The summed E-state index contributed by atoms with van der Waals surface area (Å²) in [6.45, 7) is 4.78. The van der Waals surface area contributed by atoms with E-state index >= 15 is 0 Å². The maximum atomic E-state index is 11.8. The van der Waals surface area contributed by atoms with E-state index in [-0.39, 0.29) is 19.7 Å². The van der Waals surface area contributed by atoms with E-state index in [1.54, 1.807) is 6.20 Å². The van der Waals surface area contributed by atoms with Crippen molar-refractivity contribution in [3.05, 3.63) is 102 Å². The number of pyridine rings is 1. The van der Waals surface area contributed by atoms with Gasteiger partial charge in [-0.1, -0.05) is 68.4 Å². The summed E-state index contributed by atoms with van der Waals surface area (Å²) in [5.74, 6) is -0.429. The summed E-state index contributed by atoms with van der Waals surface area (Å²) in [5, 5.41) is 1.14. The topological polar surface area (TPSA) is 60.9 Å². The highest BCUT2D eigenvalue weighted by Crippen LogP contribution is 2.34. The fraction of sp³-hybridized carbons (Fsp3) is 0.200. The Bertz CT molecular complexity index is 1060. The lowest BCUT2D eigenvalue weighted by molar-refractivity contribution is -0.118. The van der Waals surface area contributed by atoms with E-state index in [1.807, 2.05) is 62.5 Å². The first-order valence-corrected chi connectivity index (χ1v) is 10.0. The van der Waals surface area contributed by atoms with Gasteiger partial charge in [0.15, 0.2) is 0 Å². The molecule has 0 spiro atoms. The molecule has 0 saturated carbocycles. The zero-order valence-corrected chi connectivity index (χ0v) is 17.0. The van der Waals surface area contributed by atoms with Crippen LogP contribution in [-0.4, -0.2) is 15.5 Å². The van der Waals surface area contributed by atoms with Gasteiger partial charge in [-0.3, -0.25) is 9.78 Å². The second-order valence-electron chi connectivity index (χ2n) is 6.72. The zero-order valence-electron chi connectivity index (χ0n) is 17.0. The standard InChI is InChI=1S/C23H21N3O.C2H6.H2/c24-23(27)13-20(18-9-6-12-25-14-18)21-16-26(15-17-7-2-1-3-8-17)22-11-5-4-10-19(21)22;1-2;/h1-12,14,16,20H,13,15H2,(H2,24,27);1-2H3;1H. The number of benzene rings is 2. The molecule has 2 aromatic heterocycles. The van der Waals surface area contributed by atoms with E-state index < -0.39 is 0 Å². The van der Waals surface area contributed by atoms with Crippen LogP contribution in [0.15, 0.2) is 85.3 Å². The normalized spacial score (nSPS) is 11.5. The molecular formula is C25H29N3O. The van der Waals surface area contributed by atoms with E-state index in [0.717, 1.165) is 28.6 Å². The van der Waals surface area contributed by atoms with Gasteiger partial charge in [0, 0.05) is 49.8 Å². The molecule has 0 bridgehead atoms. The third-order valence-electron chi connectivity index (χ3n) is 4.88. The van der Waals surface area contributed by atoms with Gasteiger partial charge >= 0.3 is 0 Å². The molecule has 1 unspecified atom stereocenters. The van der Waals surface area contributed by atoms with Crippen molar-refractivity contribution in [2.75, 3.05) is 0 Å². The first-order valence-electron chi connectivity index (χ1n) is 10.0. The van der Waals surface area contributed by atoms with Crippen molar-refractivity contribution in [1.29, 1.82) is 0 Å². The molecule has 2 heterocycles. The molecule has 150 valence electrons. The molecule has 0 radical (unpaired) electrons. The highest BCUT2D eigenvalue weighted by atomic mass is 16.1. The van der Waals surface area contributed by atoms with Crippen molar-refractivity contribution in [2.45, 2.75) is 32.7 Å². The average Bonchev–Trinajstić information content (AvgIpc) is 3.13. The van der Waals surface area contributed by atoms with Gasteiger partial charge in [0.25, 0.3) is 0 Å². The van der Waals surface area contributed by atoms with Crippen molar-refractivity contribution in [3.8, 4) is 0 Å². The minimum Gasteiger partial charge on any atom is -0.370 e. The number of hydrogen-bond donors (Lipinski definition) is 1. The number of nitrogens with two attached hydrogens (primary N) is 1.